The van der Waals surface area contributed by atoms with Gasteiger partial charge in [0.25, 0.3) is 0 Å². The number of rotatable bonds is 4. The zero-order valence-corrected chi connectivity index (χ0v) is 12.0. The van der Waals surface area contributed by atoms with Crippen molar-refractivity contribution in [1.29, 1.82) is 0 Å². The van der Waals surface area contributed by atoms with Gasteiger partial charge >= 0.3 is 0 Å². The van der Waals surface area contributed by atoms with Crippen LogP contribution >= 0.6 is 0 Å². The van der Waals surface area contributed by atoms with E-state index in [0.29, 0.717) is 12.1 Å². The molecule has 1 aromatic rings. The molecule has 0 radical (unpaired) electrons. The van der Waals surface area contributed by atoms with Gasteiger partial charge in [0, 0.05) is 38.1 Å². The normalized spacial score (nSPS) is 23.7. The van der Waals surface area contributed by atoms with Crippen LogP contribution in [0.4, 0.5) is 0 Å². The minimum Gasteiger partial charge on any atom is -0.311 e. The van der Waals surface area contributed by atoms with Crippen LogP contribution in [-0.2, 0) is 6.42 Å². The van der Waals surface area contributed by atoms with Gasteiger partial charge in [-0.3, -0.25) is 4.90 Å². The predicted molar refractivity (Wildman–Crippen MR) is 81.0 cm³/mol. The molecule has 2 unspecified atom stereocenters. The van der Waals surface area contributed by atoms with Crippen LogP contribution in [0, 0.1) is 11.8 Å². The van der Waals surface area contributed by atoms with Gasteiger partial charge in [0.1, 0.15) is 0 Å². The van der Waals surface area contributed by atoms with Crippen molar-refractivity contribution in [2.24, 2.45) is 0 Å². The standard InChI is InChI=1S/C17H24N2/c1-3-4-8-11-19-14-17(18-13-15(19)2)12-16-9-6-5-7-10-16/h5-7,9-10,15,17-18H,8,11-14H2,1-2H3. The first-order valence-corrected chi connectivity index (χ1v) is 7.20. The second-order valence-electron chi connectivity index (χ2n) is 5.32. The molecule has 102 valence electrons. The summed E-state index contributed by atoms with van der Waals surface area (Å²) >= 11 is 0. The fourth-order valence-corrected chi connectivity index (χ4v) is 2.67. The first-order chi connectivity index (χ1) is 9.29. The van der Waals surface area contributed by atoms with Crippen LogP contribution in [0.3, 0.4) is 0 Å². The summed E-state index contributed by atoms with van der Waals surface area (Å²) in [4.78, 5) is 2.56. The van der Waals surface area contributed by atoms with Crippen LogP contribution < -0.4 is 5.32 Å². The van der Waals surface area contributed by atoms with Crippen LogP contribution in [0.1, 0.15) is 25.8 Å². The van der Waals surface area contributed by atoms with E-state index in [1.165, 1.54) is 5.56 Å². The van der Waals surface area contributed by atoms with Gasteiger partial charge in [-0.05, 0) is 25.8 Å². The second-order valence-corrected chi connectivity index (χ2v) is 5.32. The maximum atomic E-state index is 3.66. The van der Waals surface area contributed by atoms with Crippen molar-refractivity contribution in [3.8, 4) is 11.8 Å². The minimum atomic E-state index is 0.563. The monoisotopic (exact) mass is 256 g/mol. The third-order valence-corrected chi connectivity index (χ3v) is 3.81. The highest BCUT2D eigenvalue weighted by atomic mass is 15.2. The van der Waals surface area contributed by atoms with E-state index in [2.05, 4.69) is 59.3 Å². The number of hydrogen-bond acceptors (Lipinski definition) is 2. The molecule has 0 amide bonds. The lowest BCUT2D eigenvalue weighted by Gasteiger charge is -2.38. The quantitative estimate of drug-likeness (QED) is 0.832. The molecular formula is C17H24N2. The van der Waals surface area contributed by atoms with Gasteiger partial charge in [0.15, 0.2) is 0 Å². The fraction of sp³-hybridized carbons (Fsp3) is 0.529. The number of piperazine rings is 1. The lowest BCUT2D eigenvalue weighted by Crippen LogP contribution is -2.56. The Morgan fingerprint density at radius 1 is 1.32 bits per heavy atom. The fourth-order valence-electron chi connectivity index (χ4n) is 2.67. The number of benzene rings is 1. The molecule has 1 fully saturated rings. The maximum Gasteiger partial charge on any atom is 0.0236 e. The van der Waals surface area contributed by atoms with Gasteiger partial charge in [0.05, 0.1) is 0 Å². The zero-order chi connectivity index (χ0) is 13.5. The average Bonchev–Trinajstić information content (AvgIpc) is 2.44. The van der Waals surface area contributed by atoms with E-state index in [4.69, 9.17) is 0 Å². The highest BCUT2D eigenvalue weighted by Gasteiger charge is 2.24. The van der Waals surface area contributed by atoms with E-state index in [9.17, 15) is 0 Å². The molecule has 1 N–H and O–H groups in total. The van der Waals surface area contributed by atoms with Crippen LogP contribution in [0.15, 0.2) is 30.3 Å². The molecule has 1 aliphatic rings. The molecule has 2 heteroatoms. The van der Waals surface area contributed by atoms with Crippen molar-refractivity contribution < 1.29 is 0 Å². The molecule has 0 aromatic heterocycles. The van der Waals surface area contributed by atoms with Crippen LogP contribution in [0.5, 0.6) is 0 Å². The lowest BCUT2D eigenvalue weighted by molar-refractivity contribution is 0.144. The molecule has 0 bridgehead atoms. The average molecular weight is 256 g/mol. The molecule has 1 saturated heterocycles. The Morgan fingerprint density at radius 2 is 2.11 bits per heavy atom. The largest absolute Gasteiger partial charge is 0.311 e. The third kappa shape index (κ3) is 4.38. The lowest BCUT2D eigenvalue weighted by atomic mass is 10.0. The Morgan fingerprint density at radius 3 is 2.84 bits per heavy atom. The van der Waals surface area contributed by atoms with E-state index in [0.717, 1.165) is 32.5 Å². The minimum absolute atomic E-state index is 0.563. The molecule has 2 rings (SSSR count). The Bertz CT molecular complexity index is 430. The summed E-state index contributed by atoms with van der Waals surface area (Å²) in [6, 6.07) is 11.9. The molecule has 1 aliphatic heterocycles. The summed E-state index contributed by atoms with van der Waals surface area (Å²) in [6.07, 6.45) is 2.10. The van der Waals surface area contributed by atoms with Gasteiger partial charge in [-0.2, -0.15) is 0 Å². The van der Waals surface area contributed by atoms with Crippen molar-refractivity contribution in [3.05, 3.63) is 35.9 Å². The van der Waals surface area contributed by atoms with E-state index in [-0.39, 0.29) is 0 Å². The van der Waals surface area contributed by atoms with Crippen molar-refractivity contribution in [1.82, 2.24) is 10.2 Å². The topological polar surface area (TPSA) is 15.3 Å². The third-order valence-electron chi connectivity index (χ3n) is 3.81. The Labute approximate surface area is 117 Å². The summed E-state index contributed by atoms with van der Waals surface area (Å²) in [7, 11) is 0. The molecule has 2 atom stereocenters. The van der Waals surface area contributed by atoms with Crippen molar-refractivity contribution in [2.45, 2.75) is 38.8 Å². The van der Waals surface area contributed by atoms with Crippen molar-refractivity contribution in [3.63, 3.8) is 0 Å². The highest BCUT2D eigenvalue weighted by molar-refractivity contribution is 5.16. The van der Waals surface area contributed by atoms with Gasteiger partial charge in [-0.1, -0.05) is 30.3 Å². The molecule has 19 heavy (non-hydrogen) atoms. The summed E-state index contributed by atoms with van der Waals surface area (Å²) in [6.45, 7) is 7.51. The van der Waals surface area contributed by atoms with E-state index < -0.39 is 0 Å². The maximum absolute atomic E-state index is 3.66. The highest BCUT2D eigenvalue weighted by Crippen LogP contribution is 2.11. The van der Waals surface area contributed by atoms with E-state index in [1.54, 1.807) is 0 Å². The second kappa shape index (κ2) is 7.33. The number of hydrogen-bond donors (Lipinski definition) is 1. The first-order valence-electron chi connectivity index (χ1n) is 7.20. The van der Waals surface area contributed by atoms with E-state index in [1.807, 2.05) is 6.92 Å². The number of nitrogens with one attached hydrogen (secondary N) is 1. The molecule has 0 aliphatic carbocycles. The Kier molecular flexibility index (Phi) is 5.44. The van der Waals surface area contributed by atoms with Crippen LogP contribution in [-0.4, -0.2) is 36.6 Å². The Hall–Kier alpha value is -1.30. The summed E-state index contributed by atoms with van der Waals surface area (Å²) in [5.41, 5.74) is 1.42. The zero-order valence-electron chi connectivity index (χ0n) is 12.0. The summed E-state index contributed by atoms with van der Waals surface area (Å²) < 4.78 is 0. The van der Waals surface area contributed by atoms with E-state index >= 15 is 0 Å². The molecular weight excluding hydrogens is 232 g/mol. The predicted octanol–water partition coefficient (Wildman–Crippen LogP) is 2.30. The van der Waals surface area contributed by atoms with Gasteiger partial charge in [-0.25, -0.2) is 0 Å². The van der Waals surface area contributed by atoms with Gasteiger partial charge in [0.2, 0.25) is 0 Å². The van der Waals surface area contributed by atoms with Gasteiger partial charge < -0.3 is 5.32 Å². The molecule has 1 aromatic carbocycles. The summed E-state index contributed by atoms with van der Waals surface area (Å²) in [5.74, 6) is 6.15. The van der Waals surface area contributed by atoms with Crippen molar-refractivity contribution >= 4 is 0 Å². The number of nitrogens with zero attached hydrogens (tertiary/aromatic N) is 1. The van der Waals surface area contributed by atoms with Crippen molar-refractivity contribution in [2.75, 3.05) is 19.6 Å². The summed E-state index contributed by atoms with van der Waals surface area (Å²) in [5, 5.41) is 3.66. The Balaban J connectivity index is 1.87. The molecule has 0 spiro atoms. The molecule has 0 saturated carbocycles. The SMILES string of the molecule is CC#CCCN1CC(Cc2ccccc2)NCC1C. The smallest absolute Gasteiger partial charge is 0.0236 e. The van der Waals surface area contributed by atoms with Crippen LogP contribution in [0.2, 0.25) is 0 Å². The first kappa shape index (κ1) is 14.1. The molecule has 2 nitrogen and oxygen atoms in total. The van der Waals surface area contributed by atoms with Gasteiger partial charge in [-0.15, -0.1) is 11.8 Å². The van der Waals surface area contributed by atoms with Crippen LogP contribution in [0.25, 0.3) is 0 Å². The molecule has 1 heterocycles.